The van der Waals surface area contributed by atoms with Crippen molar-refractivity contribution in [3.8, 4) is 0 Å². The molecule has 1 N–H and O–H groups in total. The number of rotatable bonds is 6. The summed E-state index contributed by atoms with van der Waals surface area (Å²) in [6.45, 7) is 5.09. The van der Waals surface area contributed by atoms with Crippen molar-refractivity contribution in [3.63, 3.8) is 0 Å². The van der Waals surface area contributed by atoms with Crippen molar-refractivity contribution >= 4 is 16.7 Å². The maximum absolute atomic E-state index is 12.2. The molecule has 0 fully saturated rings. The summed E-state index contributed by atoms with van der Waals surface area (Å²) in [7, 11) is 0. The van der Waals surface area contributed by atoms with Crippen molar-refractivity contribution in [2.75, 3.05) is 13.2 Å². The van der Waals surface area contributed by atoms with Gasteiger partial charge in [0.15, 0.2) is 0 Å². The molecule has 106 valence electrons. The molecule has 2 aromatic carbocycles. The summed E-state index contributed by atoms with van der Waals surface area (Å²) in [5, 5.41) is 5.52. The van der Waals surface area contributed by atoms with Gasteiger partial charge in [0, 0.05) is 0 Å². The first kappa shape index (κ1) is 14.5. The van der Waals surface area contributed by atoms with Crippen LogP contribution >= 0.6 is 0 Å². The van der Waals surface area contributed by atoms with Gasteiger partial charge in [-0.1, -0.05) is 49.4 Å². The van der Waals surface area contributed by atoms with E-state index in [4.69, 9.17) is 4.74 Å². The van der Waals surface area contributed by atoms with Gasteiger partial charge >= 0.3 is 5.97 Å². The smallest absolute Gasteiger partial charge is 0.327 e. The summed E-state index contributed by atoms with van der Waals surface area (Å²) in [6.07, 6.45) is 0.973. The third-order valence-electron chi connectivity index (χ3n) is 3.26. The second-order valence-corrected chi connectivity index (χ2v) is 4.71. The maximum Gasteiger partial charge on any atom is 0.327 e. The van der Waals surface area contributed by atoms with Crippen LogP contribution in [-0.4, -0.2) is 19.1 Å². The molecule has 3 nitrogen and oxygen atoms in total. The molecule has 1 atom stereocenters. The van der Waals surface area contributed by atoms with E-state index in [9.17, 15) is 4.79 Å². The molecule has 0 amide bonds. The van der Waals surface area contributed by atoms with Gasteiger partial charge in [-0.05, 0) is 36.2 Å². The fourth-order valence-corrected chi connectivity index (χ4v) is 2.34. The maximum atomic E-state index is 12.2. The first-order valence-corrected chi connectivity index (χ1v) is 7.15. The molecule has 0 aliphatic rings. The topological polar surface area (TPSA) is 38.3 Å². The number of benzene rings is 2. The van der Waals surface area contributed by atoms with E-state index >= 15 is 0 Å². The van der Waals surface area contributed by atoms with Crippen LogP contribution in [0, 0.1) is 0 Å². The molecule has 0 aromatic heterocycles. The molecule has 0 aliphatic carbocycles. The summed E-state index contributed by atoms with van der Waals surface area (Å²) < 4.78 is 5.20. The van der Waals surface area contributed by atoms with Crippen molar-refractivity contribution in [1.82, 2.24) is 5.32 Å². The Morgan fingerprint density at radius 1 is 1.15 bits per heavy atom. The molecule has 0 bridgehead atoms. The second kappa shape index (κ2) is 7.06. The van der Waals surface area contributed by atoms with E-state index in [1.807, 2.05) is 37.3 Å². The Balaban J connectivity index is 2.42. The average molecular weight is 271 g/mol. The quantitative estimate of drug-likeness (QED) is 0.818. The third kappa shape index (κ3) is 3.17. The molecule has 20 heavy (non-hydrogen) atoms. The van der Waals surface area contributed by atoms with Crippen LogP contribution in [0.4, 0.5) is 0 Å². The lowest BCUT2D eigenvalue weighted by molar-refractivity contribution is -0.145. The van der Waals surface area contributed by atoms with Crippen molar-refractivity contribution in [2.24, 2.45) is 0 Å². The van der Waals surface area contributed by atoms with Crippen LogP contribution in [0.25, 0.3) is 10.8 Å². The first-order valence-electron chi connectivity index (χ1n) is 7.15. The molecule has 0 heterocycles. The predicted molar refractivity (Wildman–Crippen MR) is 81.6 cm³/mol. The van der Waals surface area contributed by atoms with E-state index in [2.05, 4.69) is 24.4 Å². The third-order valence-corrected chi connectivity index (χ3v) is 3.26. The highest BCUT2D eigenvalue weighted by Gasteiger charge is 2.22. The fraction of sp³-hybridized carbons (Fsp3) is 0.353. The van der Waals surface area contributed by atoms with Crippen LogP contribution in [0.1, 0.15) is 31.9 Å². The predicted octanol–water partition coefficient (Wildman–Crippen LogP) is 3.44. The fourth-order valence-electron chi connectivity index (χ4n) is 2.34. The zero-order valence-corrected chi connectivity index (χ0v) is 12.1. The SMILES string of the molecule is CCCNC(C(=O)OCC)c1cccc2ccccc12. The number of carbonyl (C=O) groups excluding carboxylic acids is 1. The molecule has 0 spiro atoms. The molecule has 2 aromatic rings. The van der Waals surface area contributed by atoms with Gasteiger partial charge in [-0.15, -0.1) is 0 Å². The van der Waals surface area contributed by atoms with Crippen molar-refractivity contribution in [3.05, 3.63) is 48.0 Å². The average Bonchev–Trinajstić information content (AvgIpc) is 2.48. The molecule has 0 saturated heterocycles. The van der Waals surface area contributed by atoms with E-state index in [0.29, 0.717) is 6.61 Å². The molecular formula is C17H21NO2. The normalized spacial score (nSPS) is 12.3. The number of hydrogen-bond donors (Lipinski definition) is 1. The molecule has 0 saturated carbocycles. The number of fused-ring (bicyclic) bond motifs is 1. The summed E-state index contributed by atoms with van der Waals surface area (Å²) in [4.78, 5) is 12.2. The zero-order chi connectivity index (χ0) is 14.4. The first-order chi connectivity index (χ1) is 9.77. The standard InChI is InChI=1S/C17H21NO2/c1-3-12-18-16(17(19)20-4-2)15-11-7-9-13-8-5-6-10-14(13)15/h5-11,16,18H,3-4,12H2,1-2H3. The number of nitrogens with one attached hydrogen (secondary N) is 1. The van der Waals surface area contributed by atoms with E-state index in [1.54, 1.807) is 0 Å². The molecule has 1 unspecified atom stereocenters. The second-order valence-electron chi connectivity index (χ2n) is 4.71. The van der Waals surface area contributed by atoms with Gasteiger partial charge in [-0.2, -0.15) is 0 Å². The molecular weight excluding hydrogens is 250 g/mol. The summed E-state index contributed by atoms with van der Waals surface area (Å²) >= 11 is 0. The molecule has 2 rings (SSSR count). The van der Waals surface area contributed by atoms with Crippen LogP contribution in [0.5, 0.6) is 0 Å². The van der Waals surface area contributed by atoms with Crippen LogP contribution in [-0.2, 0) is 9.53 Å². The highest BCUT2D eigenvalue weighted by molar-refractivity contribution is 5.91. The van der Waals surface area contributed by atoms with Crippen molar-refractivity contribution in [1.29, 1.82) is 0 Å². The van der Waals surface area contributed by atoms with E-state index in [1.165, 1.54) is 0 Å². The Bertz CT molecular complexity index is 575. The number of esters is 1. The van der Waals surface area contributed by atoms with Gasteiger partial charge in [0.2, 0.25) is 0 Å². The Morgan fingerprint density at radius 3 is 2.65 bits per heavy atom. The van der Waals surface area contributed by atoms with E-state index in [0.717, 1.165) is 29.3 Å². The van der Waals surface area contributed by atoms with Crippen LogP contribution in [0.15, 0.2) is 42.5 Å². The van der Waals surface area contributed by atoms with Gasteiger partial charge in [-0.25, -0.2) is 4.79 Å². The lowest BCUT2D eigenvalue weighted by atomic mass is 9.98. The van der Waals surface area contributed by atoms with E-state index < -0.39 is 6.04 Å². The highest BCUT2D eigenvalue weighted by Crippen LogP contribution is 2.25. The highest BCUT2D eigenvalue weighted by atomic mass is 16.5. The largest absolute Gasteiger partial charge is 0.465 e. The summed E-state index contributed by atoms with van der Waals surface area (Å²) in [5.41, 5.74) is 0.981. The van der Waals surface area contributed by atoms with Crippen LogP contribution in [0.2, 0.25) is 0 Å². The molecule has 0 aliphatic heterocycles. The van der Waals surface area contributed by atoms with Gasteiger partial charge in [0.05, 0.1) is 6.61 Å². The van der Waals surface area contributed by atoms with Crippen molar-refractivity contribution in [2.45, 2.75) is 26.3 Å². The van der Waals surface area contributed by atoms with Gasteiger partial charge in [-0.3, -0.25) is 0 Å². The number of hydrogen-bond acceptors (Lipinski definition) is 3. The minimum atomic E-state index is -0.402. The minimum Gasteiger partial charge on any atom is -0.465 e. The molecule has 3 heteroatoms. The van der Waals surface area contributed by atoms with Crippen LogP contribution in [0.3, 0.4) is 0 Å². The summed E-state index contributed by atoms with van der Waals surface area (Å²) in [5.74, 6) is -0.211. The van der Waals surface area contributed by atoms with Gasteiger partial charge in [0.25, 0.3) is 0 Å². The number of carbonyl (C=O) groups is 1. The Labute approximate surface area is 119 Å². The van der Waals surface area contributed by atoms with Crippen molar-refractivity contribution < 1.29 is 9.53 Å². The monoisotopic (exact) mass is 271 g/mol. The van der Waals surface area contributed by atoms with Gasteiger partial charge < -0.3 is 10.1 Å². The Hall–Kier alpha value is -1.87. The Morgan fingerprint density at radius 2 is 1.90 bits per heavy atom. The zero-order valence-electron chi connectivity index (χ0n) is 12.1. The van der Waals surface area contributed by atoms with Gasteiger partial charge in [0.1, 0.15) is 6.04 Å². The van der Waals surface area contributed by atoms with E-state index in [-0.39, 0.29) is 5.97 Å². The lowest BCUT2D eigenvalue weighted by Crippen LogP contribution is -2.31. The molecule has 0 radical (unpaired) electrons. The lowest BCUT2D eigenvalue weighted by Gasteiger charge is -2.19. The van der Waals surface area contributed by atoms with Crippen LogP contribution < -0.4 is 5.32 Å². The summed E-state index contributed by atoms with van der Waals surface area (Å²) in [6, 6.07) is 13.7. The minimum absolute atomic E-state index is 0.211. The Kier molecular flexibility index (Phi) is 5.13. The number of ether oxygens (including phenoxy) is 1.